The molecule has 0 saturated carbocycles. The number of anilines is 1. The van der Waals surface area contributed by atoms with Crippen LogP contribution in [-0.2, 0) is 6.54 Å². The lowest BCUT2D eigenvalue weighted by Crippen LogP contribution is -2.24. The molecule has 1 aromatic heterocycles. The molecule has 0 amide bonds. The van der Waals surface area contributed by atoms with E-state index in [0.29, 0.717) is 0 Å². The predicted molar refractivity (Wildman–Crippen MR) is 87.5 cm³/mol. The van der Waals surface area contributed by atoms with Crippen LogP contribution in [0.15, 0.2) is 12.1 Å². The minimum Gasteiger partial charge on any atom is -0.370 e. The molecule has 1 rings (SSSR count). The van der Waals surface area contributed by atoms with Gasteiger partial charge in [0.2, 0.25) is 0 Å². The highest BCUT2D eigenvalue weighted by Gasteiger charge is 2.07. The van der Waals surface area contributed by atoms with Crippen LogP contribution in [0.4, 0.5) is 5.82 Å². The van der Waals surface area contributed by atoms with E-state index in [-0.39, 0.29) is 0 Å². The molecule has 0 fully saturated rings. The van der Waals surface area contributed by atoms with Crippen LogP contribution in [0.5, 0.6) is 0 Å². The highest BCUT2D eigenvalue weighted by molar-refractivity contribution is 6.31. The molecule has 4 nitrogen and oxygen atoms in total. The van der Waals surface area contributed by atoms with Gasteiger partial charge >= 0.3 is 0 Å². The van der Waals surface area contributed by atoms with Gasteiger partial charge in [0.25, 0.3) is 0 Å². The van der Waals surface area contributed by atoms with Gasteiger partial charge in [0.1, 0.15) is 5.82 Å². The molecule has 5 heteroatoms. The summed E-state index contributed by atoms with van der Waals surface area (Å²) in [6.45, 7) is 6.01. The summed E-state index contributed by atoms with van der Waals surface area (Å²) >= 11 is 6.23. The average molecular weight is 299 g/mol. The van der Waals surface area contributed by atoms with Gasteiger partial charge in [0.15, 0.2) is 0 Å². The zero-order chi connectivity index (χ0) is 15.0. The Hall–Kier alpha value is -0.840. The molecule has 0 aromatic carbocycles. The van der Waals surface area contributed by atoms with E-state index < -0.39 is 0 Å². The quantitative estimate of drug-likeness (QED) is 0.759. The van der Waals surface area contributed by atoms with Crippen LogP contribution in [-0.4, -0.2) is 55.6 Å². The van der Waals surface area contributed by atoms with Gasteiger partial charge in [-0.2, -0.15) is 0 Å². The summed E-state index contributed by atoms with van der Waals surface area (Å²) in [5.74, 6) is 0.910. The van der Waals surface area contributed by atoms with Gasteiger partial charge in [0, 0.05) is 13.1 Å². The third-order valence-corrected chi connectivity index (χ3v) is 3.38. The van der Waals surface area contributed by atoms with Crippen molar-refractivity contribution in [2.75, 3.05) is 46.1 Å². The van der Waals surface area contributed by atoms with E-state index in [1.807, 2.05) is 12.1 Å². The van der Waals surface area contributed by atoms with Crippen molar-refractivity contribution in [1.29, 1.82) is 0 Å². The summed E-state index contributed by atoms with van der Waals surface area (Å²) in [6.07, 6.45) is 2.24. The lowest BCUT2D eigenvalue weighted by molar-refractivity contribution is 0.292. The fourth-order valence-electron chi connectivity index (χ4n) is 1.94. The van der Waals surface area contributed by atoms with Crippen molar-refractivity contribution in [3.63, 3.8) is 0 Å². The molecule has 1 N–H and O–H groups in total. The SMILES string of the molecule is CCCNc1ccc(Cl)c(CN(C)CCCN(C)C)n1. The third-order valence-electron chi connectivity index (χ3n) is 3.04. The molecule has 0 atom stereocenters. The number of hydrogen-bond acceptors (Lipinski definition) is 4. The maximum atomic E-state index is 6.23. The highest BCUT2D eigenvalue weighted by Crippen LogP contribution is 2.18. The molecule has 0 aliphatic rings. The molecule has 0 unspecified atom stereocenters. The van der Waals surface area contributed by atoms with E-state index in [1.165, 1.54) is 0 Å². The number of nitrogens with one attached hydrogen (secondary N) is 1. The third kappa shape index (κ3) is 6.55. The van der Waals surface area contributed by atoms with Crippen molar-refractivity contribution in [3.8, 4) is 0 Å². The first-order chi connectivity index (χ1) is 9.52. The van der Waals surface area contributed by atoms with E-state index in [1.54, 1.807) is 0 Å². The monoisotopic (exact) mass is 298 g/mol. The number of pyridine rings is 1. The summed E-state index contributed by atoms with van der Waals surface area (Å²) in [5.41, 5.74) is 0.945. The summed E-state index contributed by atoms with van der Waals surface area (Å²) < 4.78 is 0. The number of rotatable bonds is 9. The standard InChI is InChI=1S/C15H27ClN4/c1-5-9-17-15-8-7-13(16)14(18-15)12-20(4)11-6-10-19(2)3/h7-8H,5-6,9-12H2,1-4H3,(H,17,18). The van der Waals surface area contributed by atoms with Crippen LogP contribution in [0.1, 0.15) is 25.5 Å². The summed E-state index contributed by atoms with van der Waals surface area (Å²) in [5, 5.41) is 4.04. The predicted octanol–water partition coefficient (Wildman–Crippen LogP) is 2.94. The van der Waals surface area contributed by atoms with Gasteiger partial charge in [-0.05, 0) is 59.2 Å². The number of nitrogens with zero attached hydrogens (tertiary/aromatic N) is 3. The molecular weight excluding hydrogens is 272 g/mol. The zero-order valence-electron chi connectivity index (χ0n) is 13.1. The van der Waals surface area contributed by atoms with Crippen molar-refractivity contribution < 1.29 is 0 Å². The van der Waals surface area contributed by atoms with Gasteiger partial charge in [-0.25, -0.2) is 4.98 Å². The summed E-state index contributed by atoms with van der Waals surface area (Å²) in [4.78, 5) is 9.07. The largest absolute Gasteiger partial charge is 0.370 e. The van der Waals surface area contributed by atoms with Crippen LogP contribution >= 0.6 is 11.6 Å². The minimum atomic E-state index is 0.742. The van der Waals surface area contributed by atoms with Crippen LogP contribution in [0, 0.1) is 0 Å². The maximum absolute atomic E-state index is 6.23. The Morgan fingerprint density at radius 3 is 2.60 bits per heavy atom. The van der Waals surface area contributed by atoms with E-state index in [2.05, 4.69) is 48.2 Å². The van der Waals surface area contributed by atoms with Crippen molar-refractivity contribution in [3.05, 3.63) is 22.8 Å². The Bertz CT molecular complexity index is 395. The maximum Gasteiger partial charge on any atom is 0.126 e. The van der Waals surface area contributed by atoms with Gasteiger partial charge in [0.05, 0.1) is 10.7 Å². The Morgan fingerprint density at radius 2 is 1.95 bits per heavy atom. The highest BCUT2D eigenvalue weighted by atomic mass is 35.5. The number of hydrogen-bond donors (Lipinski definition) is 1. The summed E-state index contributed by atoms with van der Waals surface area (Å²) in [7, 11) is 6.31. The van der Waals surface area contributed by atoms with Crippen LogP contribution in [0.3, 0.4) is 0 Å². The second kappa shape index (κ2) is 9.16. The number of halogens is 1. The lowest BCUT2D eigenvalue weighted by atomic mass is 10.3. The van der Waals surface area contributed by atoms with Crippen molar-refractivity contribution in [2.45, 2.75) is 26.3 Å². The van der Waals surface area contributed by atoms with E-state index in [4.69, 9.17) is 11.6 Å². The minimum absolute atomic E-state index is 0.742. The first-order valence-electron chi connectivity index (χ1n) is 7.25. The van der Waals surface area contributed by atoms with Gasteiger partial charge in [-0.3, -0.25) is 0 Å². The molecule has 1 heterocycles. The fourth-order valence-corrected chi connectivity index (χ4v) is 2.10. The molecule has 0 aliphatic carbocycles. The number of aromatic nitrogens is 1. The molecular formula is C15H27ClN4. The first kappa shape index (κ1) is 17.2. The molecule has 0 spiro atoms. The molecule has 0 bridgehead atoms. The van der Waals surface area contributed by atoms with Crippen LogP contribution in [0.2, 0.25) is 5.02 Å². The van der Waals surface area contributed by atoms with Crippen LogP contribution < -0.4 is 5.32 Å². The molecule has 0 aliphatic heterocycles. The van der Waals surface area contributed by atoms with E-state index >= 15 is 0 Å². The molecule has 1 aromatic rings. The smallest absolute Gasteiger partial charge is 0.126 e. The van der Waals surface area contributed by atoms with Gasteiger partial charge in [-0.15, -0.1) is 0 Å². The van der Waals surface area contributed by atoms with Gasteiger partial charge in [-0.1, -0.05) is 18.5 Å². The average Bonchev–Trinajstić information content (AvgIpc) is 2.39. The zero-order valence-corrected chi connectivity index (χ0v) is 13.9. The molecule has 0 radical (unpaired) electrons. The fraction of sp³-hybridized carbons (Fsp3) is 0.667. The lowest BCUT2D eigenvalue weighted by Gasteiger charge is -2.18. The van der Waals surface area contributed by atoms with E-state index in [0.717, 1.165) is 55.6 Å². The second-order valence-corrected chi connectivity index (χ2v) is 5.85. The van der Waals surface area contributed by atoms with E-state index in [9.17, 15) is 0 Å². The Morgan fingerprint density at radius 1 is 1.20 bits per heavy atom. The van der Waals surface area contributed by atoms with Crippen molar-refractivity contribution >= 4 is 17.4 Å². The Kier molecular flexibility index (Phi) is 7.88. The molecule has 20 heavy (non-hydrogen) atoms. The normalized spacial score (nSPS) is 11.3. The summed E-state index contributed by atoms with van der Waals surface area (Å²) in [6, 6.07) is 3.86. The molecule has 114 valence electrons. The Labute approximate surface area is 128 Å². The molecule has 0 saturated heterocycles. The second-order valence-electron chi connectivity index (χ2n) is 5.45. The van der Waals surface area contributed by atoms with Gasteiger partial charge < -0.3 is 15.1 Å². The van der Waals surface area contributed by atoms with Crippen molar-refractivity contribution in [2.24, 2.45) is 0 Å². The Balaban J connectivity index is 2.52. The van der Waals surface area contributed by atoms with Crippen molar-refractivity contribution in [1.82, 2.24) is 14.8 Å². The van der Waals surface area contributed by atoms with Crippen LogP contribution in [0.25, 0.3) is 0 Å². The first-order valence-corrected chi connectivity index (χ1v) is 7.63. The topological polar surface area (TPSA) is 31.4 Å².